The van der Waals surface area contributed by atoms with E-state index in [2.05, 4.69) is 10.3 Å². The van der Waals surface area contributed by atoms with Crippen molar-refractivity contribution in [1.29, 1.82) is 0 Å². The predicted octanol–water partition coefficient (Wildman–Crippen LogP) is 3.15. The van der Waals surface area contributed by atoms with Gasteiger partial charge in [0.1, 0.15) is 11.4 Å². The number of nitrogens with two attached hydrogens (primary N) is 1. The molecule has 4 rings (SSSR count). The van der Waals surface area contributed by atoms with E-state index in [4.69, 9.17) is 10.5 Å². The lowest BCUT2D eigenvalue weighted by atomic mass is 9.87. The van der Waals surface area contributed by atoms with E-state index in [1.807, 2.05) is 58.9 Å². The summed E-state index contributed by atoms with van der Waals surface area (Å²) in [6.07, 6.45) is 2.59. The minimum Gasteiger partial charge on any atom is -0.485 e. The number of fused-ring (bicyclic) bond motifs is 1. The first-order valence-electron chi connectivity index (χ1n) is 11.3. The number of guanidine groups is 1. The highest BCUT2D eigenvalue weighted by Gasteiger charge is 2.60. The molecule has 7 heteroatoms. The molecule has 168 valence electrons. The van der Waals surface area contributed by atoms with Crippen molar-refractivity contribution in [2.75, 3.05) is 6.54 Å². The Bertz CT molecular complexity index is 937. The van der Waals surface area contributed by atoms with Crippen LogP contribution in [0, 0.1) is 11.3 Å². The minimum absolute atomic E-state index is 0.0441. The van der Waals surface area contributed by atoms with Crippen LogP contribution in [0.1, 0.15) is 71.9 Å². The zero-order valence-electron chi connectivity index (χ0n) is 19.2. The highest BCUT2D eigenvalue weighted by atomic mass is 16.5. The highest BCUT2D eigenvalue weighted by Crippen LogP contribution is 2.54. The van der Waals surface area contributed by atoms with Crippen LogP contribution in [0.25, 0.3) is 0 Å². The Hall–Kier alpha value is -2.57. The molecule has 3 N–H and O–H groups in total. The lowest BCUT2D eigenvalue weighted by Gasteiger charge is -2.38. The summed E-state index contributed by atoms with van der Waals surface area (Å²) in [5.74, 6) is 1.10. The van der Waals surface area contributed by atoms with Crippen molar-refractivity contribution in [2.24, 2.45) is 22.1 Å². The summed E-state index contributed by atoms with van der Waals surface area (Å²) in [7, 11) is 0. The molecule has 1 fully saturated rings. The van der Waals surface area contributed by atoms with E-state index in [1.54, 1.807) is 0 Å². The Kier molecular flexibility index (Phi) is 5.06. The van der Waals surface area contributed by atoms with Gasteiger partial charge in [0.15, 0.2) is 5.96 Å². The molecule has 0 unspecified atom stereocenters. The van der Waals surface area contributed by atoms with Gasteiger partial charge in [0.05, 0.1) is 23.4 Å². The third-order valence-electron chi connectivity index (χ3n) is 7.65. The third-order valence-corrected chi connectivity index (χ3v) is 7.65. The van der Waals surface area contributed by atoms with Gasteiger partial charge in [0, 0.05) is 12.1 Å². The molecular weight excluding hydrogens is 392 g/mol. The molecule has 2 heterocycles. The lowest BCUT2D eigenvalue weighted by molar-refractivity contribution is -0.133. The number of carbonyl (C=O) groups excluding carboxylic acids is 2. The molecule has 0 saturated heterocycles. The second kappa shape index (κ2) is 7.24. The van der Waals surface area contributed by atoms with Crippen molar-refractivity contribution in [3.63, 3.8) is 0 Å². The largest absolute Gasteiger partial charge is 0.485 e. The Labute approximate surface area is 184 Å². The first-order chi connectivity index (χ1) is 14.6. The second-order valence-corrected chi connectivity index (χ2v) is 9.97. The predicted molar refractivity (Wildman–Crippen MR) is 120 cm³/mol. The number of rotatable bonds is 6. The van der Waals surface area contributed by atoms with Crippen LogP contribution in [-0.4, -0.2) is 40.4 Å². The number of amides is 2. The molecule has 0 spiro atoms. The summed E-state index contributed by atoms with van der Waals surface area (Å²) in [6, 6.07) is 7.55. The zero-order chi connectivity index (χ0) is 22.6. The topological polar surface area (TPSA) is 97.0 Å². The number of nitrogens with zero attached hydrogens (tertiary/aromatic N) is 2. The number of benzene rings is 1. The van der Waals surface area contributed by atoms with Crippen LogP contribution in [0.5, 0.6) is 5.75 Å². The highest BCUT2D eigenvalue weighted by molar-refractivity contribution is 6.00. The summed E-state index contributed by atoms with van der Waals surface area (Å²) in [5.41, 5.74) is 5.61. The van der Waals surface area contributed by atoms with E-state index in [9.17, 15) is 9.59 Å². The average Bonchev–Trinajstić information content (AvgIpc) is 3.31. The molecule has 1 aromatic carbocycles. The number of para-hydroxylation sites is 1. The normalized spacial score (nSPS) is 30.3. The first-order valence-corrected chi connectivity index (χ1v) is 11.3. The van der Waals surface area contributed by atoms with Gasteiger partial charge in [0.25, 0.3) is 0 Å². The van der Waals surface area contributed by atoms with Gasteiger partial charge in [-0.3, -0.25) is 14.5 Å². The van der Waals surface area contributed by atoms with Gasteiger partial charge in [0.2, 0.25) is 11.8 Å². The van der Waals surface area contributed by atoms with Crippen molar-refractivity contribution in [3.8, 4) is 5.75 Å². The van der Waals surface area contributed by atoms with E-state index >= 15 is 0 Å². The van der Waals surface area contributed by atoms with Gasteiger partial charge in [-0.15, -0.1) is 0 Å². The molecule has 1 aliphatic carbocycles. The average molecular weight is 427 g/mol. The van der Waals surface area contributed by atoms with Gasteiger partial charge >= 0.3 is 0 Å². The van der Waals surface area contributed by atoms with Crippen molar-refractivity contribution < 1.29 is 14.3 Å². The molecule has 0 radical (unpaired) electrons. The monoisotopic (exact) mass is 426 g/mol. The summed E-state index contributed by atoms with van der Waals surface area (Å²) >= 11 is 0. The smallest absolute Gasteiger partial charge is 0.231 e. The number of hydrogen-bond acceptors (Lipinski definition) is 5. The molecule has 1 saturated carbocycles. The third kappa shape index (κ3) is 3.48. The molecule has 3 atom stereocenters. The maximum atomic E-state index is 13.5. The van der Waals surface area contributed by atoms with Crippen LogP contribution in [-0.2, 0) is 9.59 Å². The SMILES string of the molecule is CCC1(CC)CC(=O)N(C[C@@]2(C(=O)N[C@@H]3c4ccccc4OC3(C)C)C[C@H]2C)C(N)=N1. The van der Waals surface area contributed by atoms with E-state index in [-0.39, 0.29) is 36.3 Å². The molecule has 7 nitrogen and oxygen atoms in total. The maximum Gasteiger partial charge on any atom is 0.231 e. The summed E-state index contributed by atoms with van der Waals surface area (Å²) < 4.78 is 6.08. The van der Waals surface area contributed by atoms with E-state index in [1.165, 1.54) is 4.90 Å². The fourth-order valence-corrected chi connectivity index (χ4v) is 5.11. The van der Waals surface area contributed by atoms with Gasteiger partial charge in [-0.1, -0.05) is 39.0 Å². The fourth-order valence-electron chi connectivity index (χ4n) is 5.11. The lowest BCUT2D eigenvalue weighted by Crippen LogP contribution is -2.55. The van der Waals surface area contributed by atoms with E-state index in [0.717, 1.165) is 30.6 Å². The number of carbonyl (C=O) groups is 2. The zero-order valence-corrected chi connectivity index (χ0v) is 19.2. The molecular formula is C24H34N4O3. The van der Waals surface area contributed by atoms with Crippen LogP contribution in [0.3, 0.4) is 0 Å². The van der Waals surface area contributed by atoms with Crippen LogP contribution in [0.4, 0.5) is 0 Å². The minimum atomic E-state index is -0.651. The molecule has 0 bridgehead atoms. The number of hydrogen-bond donors (Lipinski definition) is 2. The van der Waals surface area contributed by atoms with Crippen LogP contribution in [0.15, 0.2) is 29.3 Å². The molecule has 31 heavy (non-hydrogen) atoms. The molecule has 1 aromatic rings. The maximum absolute atomic E-state index is 13.5. The van der Waals surface area contributed by atoms with Crippen molar-refractivity contribution in [1.82, 2.24) is 10.2 Å². The summed E-state index contributed by atoms with van der Waals surface area (Å²) in [5, 5.41) is 3.23. The molecule has 2 aliphatic heterocycles. The quantitative estimate of drug-likeness (QED) is 0.730. The van der Waals surface area contributed by atoms with Gasteiger partial charge < -0.3 is 15.8 Å². The Morgan fingerprint density at radius 3 is 2.52 bits per heavy atom. The van der Waals surface area contributed by atoms with Crippen LogP contribution in [0.2, 0.25) is 0 Å². The van der Waals surface area contributed by atoms with Crippen molar-refractivity contribution >= 4 is 17.8 Å². The standard InChI is InChI=1S/C24H34N4O3/c1-6-23(7-2)13-18(29)28(21(25)27-23)14-24(12-15(24)3)20(30)26-19-16-10-8-9-11-17(16)31-22(19,4)5/h8-11,15,19H,6-7,12-14H2,1-5H3,(H2,25,27)(H,26,30)/t15-,19-,24+/m1/s1. The second-order valence-electron chi connectivity index (χ2n) is 9.97. The van der Waals surface area contributed by atoms with E-state index < -0.39 is 16.6 Å². The van der Waals surface area contributed by atoms with Crippen LogP contribution >= 0.6 is 0 Å². The first kappa shape index (κ1) is 21.7. The Morgan fingerprint density at radius 1 is 1.29 bits per heavy atom. The van der Waals surface area contributed by atoms with Crippen molar-refractivity contribution in [2.45, 2.75) is 77.5 Å². The summed E-state index contributed by atoms with van der Waals surface area (Å²) in [6.45, 7) is 10.3. The van der Waals surface area contributed by atoms with Gasteiger partial charge in [-0.25, -0.2) is 4.99 Å². The Morgan fingerprint density at radius 2 is 1.94 bits per heavy atom. The van der Waals surface area contributed by atoms with Gasteiger partial charge in [-0.2, -0.15) is 0 Å². The Balaban J connectivity index is 1.55. The fraction of sp³-hybridized carbons (Fsp3) is 0.625. The molecule has 0 aromatic heterocycles. The number of nitrogens with one attached hydrogen (secondary N) is 1. The molecule has 3 aliphatic rings. The van der Waals surface area contributed by atoms with Gasteiger partial charge in [-0.05, 0) is 45.1 Å². The van der Waals surface area contributed by atoms with E-state index in [0.29, 0.717) is 6.42 Å². The number of ether oxygens (including phenoxy) is 1. The van der Waals surface area contributed by atoms with Crippen molar-refractivity contribution in [3.05, 3.63) is 29.8 Å². The van der Waals surface area contributed by atoms with Crippen LogP contribution < -0.4 is 15.8 Å². The number of aliphatic imine (C=N–C) groups is 1. The summed E-state index contributed by atoms with van der Waals surface area (Å²) in [4.78, 5) is 32.7. The molecule has 2 amide bonds.